The Hall–Kier alpha value is -3.03. The van der Waals surface area contributed by atoms with E-state index in [9.17, 15) is 14.4 Å². The highest BCUT2D eigenvalue weighted by Crippen LogP contribution is 2.31. The summed E-state index contributed by atoms with van der Waals surface area (Å²) >= 11 is 7.69. The number of likely N-dealkylation sites (tertiary alicyclic amines) is 1. The van der Waals surface area contributed by atoms with Gasteiger partial charge in [0.2, 0.25) is 5.91 Å². The minimum atomic E-state index is -0.581. The number of rotatable bonds is 8. The Kier molecular flexibility index (Phi) is 8.54. The number of piperidine rings is 1. The van der Waals surface area contributed by atoms with Crippen molar-refractivity contribution in [3.63, 3.8) is 0 Å². The molecule has 1 aliphatic rings. The van der Waals surface area contributed by atoms with Gasteiger partial charge in [0.25, 0.3) is 5.91 Å². The van der Waals surface area contributed by atoms with Gasteiger partial charge < -0.3 is 9.80 Å². The van der Waals surface area contributed by atoms with Crippen LogP contribution in [0.2, 0.25) is 5.02 Å². The first kappa shape index (κ1) is 26.0. The van der Waals surface area contributed by atoms with Crippen molar-refractivity contribution in [1.82, 2.24) is 14.8 Å². The predicted molar refractivity (Wildman–Crippen MR) is 143 cm³/mol. The molecule has 0 N–H and O–H groups in total. The molecule has 188 valence electrons. The van der Waals surface area contributed by atoms with E-state index in [1.807, 2.05) is 48.2 Å². The van der Waals surface area contributed by atoms with Crippen LogP contribution >= 0.6 is 22.9 Å². The number of benzene rings is 2. The van der Waals surface area contributed by atoms with Gasteiger partial charge in [0.1, 0.15) is 5.69 Å². The molecule has 0 bridgehead atoms. The number of aromatic nitrogens is 1. The number of Topliss-reactive ketones (excluding diaryl/α,β-unsaturated/α-hetero) is 1. The van der Waals surface area contributed by atoms with Crippen LogP contribution in [0, 0.1) is 0 Å². The highest BCUT2D eigenvalue weighted by Gasteiger charge is 2.30. The average molecular weight is 524 g/mol. The lowest BCUT2D eigenvalue weighted by atomic mass is 9.97. The first-order valence-corrected chi connectivity index (χ1v) is 13.5. The first-order chi connectivity index (χ1) is 17.4. The molecule has 8 heteroatoms. The third-order valence-corrected chi connectivity index (χ3v) is 8.12. The Balaban J connectivity index is 1.36. The molecular weight excluding hydrogens is 494 g/mol. The van der Waals surface area contributed by atoms with Gasteiger partial charge in [0.15, 0.2) is 5.78 Å². The summed E-state index contributed by atoms with van der Waals surface area (Å²) in [6.07, 6.45) is 1.90. The van der Waals surface area contributed by atoms with Gasteiger partial charge >= 0.3 is 0 Å². The second kappa shape index (κ2) is 11.8. The fraction of sp³-hybridized carbons (Fsp3) is 0.357. The number of hydrogen-bond acceptors (Lipinski definition) is 5. The van der Waals surface area contributed by atoms with Crippen molar-refractivity contribution >= 4 is 40.5 Å². The Labute approximate surface area is 220 Å². The molecule has 1 atom stereocenters. The van der Waals surface area contributed by atoms with E-state index in [2.05, 4.69) is 4.98 Å². The maximum atomic E-state index is 13.2. The molecule has 0 saturated carbocycles. The Morgan fingerprint density at radius 2 is 1.75 bits per heavy atom. The lowest BCUT2D eigenvalue weighted by Gasteiger charge is -2.31. The summed E-state index contributed by atoms with van der Waals surface area (Å²) in [5.41, 5.74) is 1.81. The number of amides is 2. The second-order valence-corrected chi connectivity index (χ2v) is 10.3. The first-order valence-electron chi connectivity index (χ1n) is 12.3. The molecule has 2 heterocycles. The summed E-state index contributed by atoms with van der Waals surface area (Å²) in [6, 6.07) is 15.9. The number of ketones is 1. The number of nitrogens with zero attached hydrogens (tertiary/aromatic N) is 3. The molecule has 36 heavy (non-hydrogen) atoms. The van der Waals surface area contributed by atoms with Gasteiger partial charge in [-0.05, 0) is 38.3 Å². The van der Waals surface area contributed by atoms with Crippen molar-refractivity contribution in [1.29, 1.82) is 0 Å². The average Bonchev–Trinajstić information content (AvgIpc) is 3.41. The molecule has 1 unspecified atom stereocenters. The zero-order valence-corrected chi connectivity index (χ0v) is 22.1. The van der Waals surface area contributed by atoms with Crippen molar-refractivity contribution in [2.75, 3.05) is 19.6 Å². The SMILES string of the molecule is CCN(C(=O)c1csc(C2CCN(C(=O)Cc3ccccc3Cl)CC2)n1)C(C)C(=O)c1ccccc1. The standard InChI is InChI=1S/C28H30ClN3O3S/c1-3-32(19(2)26(34)20-9-5-4-6-10-20)28(35)24-18-36-27(30-24)21-13-15-31(16-14-21)25(33)17-22-11-7-8-12-23(22)29/h4-12,18-19,21H,3,13-17H2,1-2H3. The molecule has 4 rings (SSSR count). The van der Waals surface area contributed by atoms with E-state index in [0.717, 1.165) is 23.4 Å². The molecule has 3 aromatic rings. The third-order valence-electron chi connectivity index (χ3n) is 6.74. The van der Waals surface area contributed by atoms with Crippen molar-refractivity contribution in [3.05, 3.63) is 86.8 Å². The monoisotopic (exact) mass is 523 g/mol. The molecule has 1 saturated heterocycles. The van der Waals surface area contributed by atoms with Gasteiger partial charge in [-0.25, -0.2) is 4.98 Å². The number of thiazole rings is 1. The highest BCUT2D eigenvalue weighted by atomic mass is 35.5. The molecule has 2 amide bonds. The van der Waals surface area contributed by atoms with E-state index in [0.29, 0.717) is 42.3 Å². The summed E-state index contributed by atoms with van der Waals surface area (Å²) in [4.78, 5) is 47.0. The van der Waals surface area contributed by atoms with Crippen LogP contribution < -0.4 is 0 Å². The van der Waals surface area contributed by atoms with Gasteiger partial charge in [-0.2, -0.15) is 0 Å². The molecule has 0 radical (unpaired) electrons. The van der Waals surface area contributed by atoms with E-state index in [4.69, 9.17) is 11.6 Å². The van der Waals surface area contributed by atoms with Crippen molar-refractivity contribution < 1.29 is 14.4 Å². The zero-order chi connectivity index (χ0) is 25.7. The molecule has 2 aromatic carbocycles. The van der Waals surface area contributed by atoms with Crippen molar-refractivity contribution in [2.24, 2.45) is 0 Å². The fourth-order valence-corrected chi connectivity index (χ4v) is 5.76. The number of hydrogen-bond donors (Lipinski definition) is 0. The lowest BCUT2D eigenvalue weighted by Crippen LogP contribution is -2.43. The van der Waals surface area contributed by atoms with Crippen LogP contribution in [0.25, 0.3) is 0 Å². The molecule has 0 spiro atoms. The van der Waals surface area contributed by atoms with Crippen molar-refractivity contribution in [3.8, 4) is 0 Å². The van der Waals surface area contributed by atoms with Crippen LogP contribution in [0.15, 0.2) is 60.0 Å². The van der Waals surface area contributed by atoms with Gasteiger partial charge in [-0.15, -0.1) is 11.3 Å². The lowest BCUT2D eigenvalue weighted by molar-refractivity contribution is -0.131. The number of halogens is 1. The molecule has 1 aliphatic heterocycles. The van der Waals surface area contributed by atoms with E-state index in [-0.39, 0.29) is 23.5 Å². The quantitative estimate of drug-likeness (QED) is 0.367. The smallest absolute Gasteiger partial charge is 0.273 e. The van der Waals surface area contributed by atoms with E-state index < -0.39 is 6.04 Å². The Morgan fingerprint density at radius 3 is 2.42 bits per heavy atom. The minimum absolute atomic E-state index is 0.0761. The Morgan fingerprint density at radius 1 is 1.08 bits per heavy atom. The molecule has 0 aliphatic carbocycles. The summed E-state index contributed by atoms with van der Waals surface area (Å²) in [5, 5.41) is 3.31. The van der Waals surface area contributed by atoms with E-state index in [1.165, 1.54) is 11.3 Å². The molecular formula is C28H30ClN3O3S. The van der Waals surface area contributed by atoms with Crippen LogP contribution in [0.1, 0.15) is 64.0 Å². The van der Waals surface area contributed by atoms with Crippen LogP contribution in [0.5, 0.6) is 0 Å². The topological polar surface area (TPSA) is 70.6 Å². The van der Waals surface area contributed by atoms with Crippen LogP contribution in [-0.4, -0.2) is 58.1 Å². The van der Waals surface area contributed by atoms with Gasteiger partial charge in [-0.3, -0.25) is 14.4 Å². The predicted octanol–water partition coefficient (Wildman–Crippen LogP) is 5.48. The number of carbonyl (C=O) groups is 3. The maximum Gasteiger partial charge on any atom is 0.273 e. The van der Waals surface area contributed by atoms with Crippen LogP contribution in [0.4, 0.5) is 0 Å². The largest absolute Gasteiger partial charge is 0.342 e. The number of likely N-dealkylation sites (N-methyl/N-ethyl adjacent to an activating group) is 1. The second-order valence-electron chi connectivity index (χ2n) is 8.99. The van der Waals surface area contributed by atoms with Crippen molar-refractivity contribution in [2.45, 2.75) is 45.1 Å². The summed E-state index contributed by atoms with van der Waals surface area (Å²) in [7, 11) is 0. The van der Waals surface area contributed by atoms with Crippen LogP contribution in [0.3, 0.4) is 0 Å². The Bertz CT molecular complexity index is 1220. The zero-order valence-electron chi connectivity index (χ0n) is 20.5. The number of carbonyl (C=O) groups excluding carboxylic acids is 3. The van der Waals surface area contributed by atoms with Gasteiger partial charge in [-0.1, -0.05) is 60.1 Å². The van der Waals surface area contributed by atoms with Crippen LogP contribution in [-0.2, 0) is 11.2 Å². The molecule has 6 nitrogen and oxygen atoms in total. The molecule has 1 aromatic heterocycles. The maximum absolute atomic E-state index is 13.2. The van der Waals surface area contributed by atoms with Gasteiger partial charge in [0, 0.05) is 41.5 Å². The fourth-order valence-electron chi connectivity index (χ4n) is 4.59. The van der Waals surface area contributed by atoms with Gasteiger partial charge in [0.05, 0.1) is 17.5 Å². The minimum Gasteiger partial charge on any atom is -0.342 e. The van der Waals surface area contributed by atoms with E-state index >= 15 is 0 Å². The summed E-state index contributed by atoms with van der Waals surface area (Å²) in [6.45, 7) is 5.35. The summed E-state index contributed by atoms with van der Waals surface area (Å²) < 4.78 is 0. The molecule has 1 fully saturated rings. The normalized spacial score (nSPS) is 14.9. The summed E-state index contributed by atoms with van der Waals surface area (Å²) in [5.74, 6) is -0.0363. The third kappa shape index (κ3) is 5.85. The highest BCUT2D eigenvalue weighted by molar-refractivity contribution is 7.09. The van der Waals surface area contributed by atoms with E-state index in [1.54, 1.807) is 35.4 Å².